The van der Waals surface area contributed by atoms with Crippen molar-refractivity contribution in [2.75, 3.05) is 39.3 Å². The highest BCUT2D eigenvalue weighted by atomic mass is 32.1. The molecule has 23 heavy (non-hydrogen) atoms. The van der Waals surface area contributed by atoms with Crippen LogP contribution in [0.3, 0.4) is 0 Å². The molecule has 0 radical (unpaired) electrons. The van der Waals surface area contributed by atoms with Gasteiger partial charge in [-0.05, 0) is 25.5 Å². The Balaban J connectivity index is 1.35. The zero-order chi connectivity index (χ0) is 15.6. The molecule has 0 saturated carbocycles. The van der Waals surface area contributed by atoms with Crippen molar-refractivity contribution in [1.29, 1.82) is 0 Å². The van der Waals surface area contributed by atoms with Gasteiger partial charge in [-0.1, -0.05) is 0 Å². The molecular formula is C17H24N4OS. The van der Waals surface area contributed by atoms with Crippen molar-refractivity contribution in [3.63, 3.8) is 0 Å². The van der Waals surface area contributed by atoms with Gasteiger partial charge in [0.15, 0.2) is 10.8 Å². The van der Waals surface area contributed by atoms with E-state index in [1.165, 1.54) is 37.5 Å². The van der Waals surface area contributed by atoms with E-state index in [0.717, 1.165) is 42.2 Å². The maximum Gasteiger partial charge on any atom is 0.162 e. The molecule has 4 rings (SSSR count). The molecule has 1 N–H and O–H groups in total. The third-order valence-corrected chi connectivity index (χ3v) is 5.80. The van der Waals surface area contributed by atoms with Gasteiger partial charge in [-0.2, -0.15) is 0 Å². The Kier molecular flexibility index (Phi) is 4.48. The van der Waals surface area contributed by atoms with E-state index < -0.39 is 0 Å². The van der Waals surface area contributed by atoms with Crippen molar-refractivity contribution >= 4 is 11.3 Å². The second-order valence-electron chi connectivity index (χ2n) is 6.51. The average molecular weight is 332 g/mol. The van der Waals surface area contributed by atoms with Crippen LogP contribution in [0.2, 0.25) is 0 Å². The van der Waals surface area contributed by atoms with E-state index in [2.05, 4.69) is 20.1 Å². The lowest BCUT2D eigenvalue weighted by Crippen LogP contribution is -2.49. The number of aromatic nitrogens is 1. The average Bonchev–Trinajstić information content (AvgIpc) is 3.29. The van der Waals surface area contributed by atoms with Crippen LogP contribution in [0.4, 0.5) is 0 Å². The van der Waals surface area contributed by atoms with Crippen LogP contribution < -0.4 is 5.32 Å². The van der Waals surface area contributed by atoms with Crippen LogP contribution in [-0.2, 0) is 6.54 Å². The van der Waals surface area contributed by atoms with Gasteiger partial charge in [-0.25, -0.2) is 4.98 Å². The molecule has 0 aromatic carbocycles. The minimum Gasteiger partial charge on any atom is -0.459 e. The SMILES string of the molecule is Cc1ccc(-c2ncc(CN3CCC(N4CCNCC4)C3)s2)o1. The first-order chi connectivity index (χ1) is 11.3. The summed E-state index contributed by atoms with van der Waals surface area (Å²) >= 11 is 1.75. The number of piperazine rings is 1. The lowest BCUT2D eigenvalue weighted by atomic mass is 10.2. The van der Waals surface area contributed by atoms with Crippen molar-refractivity contribution in [3.8, 4) is 10.8 Å². The van der Waals surface area contributed by atoms with Gasteiger partial charge in [0.05, 0.1) is 0 Å². The largest absolute Gasteiger partial charge is 0.459 e. The molecule has 1 unspecified atom stereocenters. The molecule has 6 heteroatoms. The molecule has 2 aromatic heterocycles. The fraction of sp³-hybridized carbons (Fsp3) is 0.588. The number of likely N-dealkylation sites (tertiary alicyclic amines) is 1. The molecule has 0 bridgehead atoms. The highest BCUT2D eigenvalue weighted by Crippen LogP contribution is 2.28. The maximum absolute atomic E-state index is 5.67. The minimum atomic E-state index is 0.734. The van der Waals surface area contributed by atoms with Gasteiger partial charge >= 0.3 is 0 Å². The van der Waals surface area contributed by atoms with Crippen molar-refractivity contribution in [2.24, 2.45) is 0 Å². The Morgan fingerprint density at radius 3 is 2.96 bits per heavy atom. The minimum absolute atomic E-state index is 0.734. The summed E-state index contributed by atoms with van der Waals surface area (Å²) in [6.45, 7) is 10.0. The number of rotatable bonds is 4. The van der Waals surface area contributed by atoms with Crippen molar-refractivity contribution in [3.05, 3.63) is 29.0 Å². The van der Waals surface area contributed by atoms with E-state index in [1.807, 2.05) is 25.3 Å². The molecule has 1 atom stereocenters. The summed E-state index contributed by atoms with van der Waals surface area (Å²) in [5, 5.41) is 4.43. The first kappa shape index (κ1) is 15.3. The standard InChI is InChI=1S/C17H24N4OS/c1-13-2-3-16(22-13)17-19-10-15(23-17)12-20-7-4-14(11-20)21-8-5-18-6-9-21/h2-3,10,14,18H,4-9,11-12H2,1H3. The van der Waals surface area contributed by atoms with Gasteiger partial charge in [0.25, 0.3) is 0 Å². The topological polar surface area (TPSA) is 44.5 Å². The Labute approximate surface area is 141 Å². The third-order valence-electron chi connectivity index (χ3n) is 4.80. The Morgan fingerprint density at radius 2 is 2.17 bits per heavy atom. The highest BCUT2D eigenvalue weighted by Gasteiger charge is 2.28. The predicted octanol–water partition coefficient (Wildman–Crippen LogP) is 2.19. The fourth-order valence-electron chi connectivity index (χ4n) is 3.57. The van der Waals surface area contributed by atoms with Gasteiger partial charge in [0.2, 0.25) is 0 Å². The number of thiazole rings is 1. The number of hydrogen-bond donors (Lipinski definition) is 1. The smallest absolute Gasteiger partial charge is 0.162 e. The van der Waals surface area contributed by atoms with Crippen LogP contribution in [-0.4, -0.2) is 60.1 Å². The van der Waals surface area contributed by atoms with Crippen LogP contribution in [0.25, 0.3) is 10.8 Å². The van der Waals surface area contributed by atoms with Crippen molar-refractivity contribution in [2.45, 2.75) is 25.9 Å². The van der Waals surface area contributed by atoms with Crippen LogP contribution in [0.5, 0.6) is 0 Å². The zero-order valence-corrected chi connectivity index (χ0v) is 14.4. The molecular weight excluding hydrogens is 308 g/mol. The lowest BCUT2D eigenvalue weighted by molar-refractivity contribution is 0.170. The molecule has 2 aliphatic rings. The van der Waals surface area contributed by atoms with Crippen molar-refractivity contribution in [1.82, 2.24) is 20.1 Å². The summed E-state index contributed by atoms with van der Waals surface area (Å²) in [6.07, 6.45) is 3.30. The second-order valence-corrected chi connectivity index (χ2v) is 7.62. The number of hydrogen-bond acceptors (Lipinski definition) is 6. The molecule has 2 aromatic rings. The van der Waals surface area contributed by atoms with Gasteiger partial charge in [-0.15, -0.1) is 11.3 Å². The summed E-state index contributed by atoms with van der Waals surface area (Å²) < 4.78 is 5.67. The summed E-state index contributed by atoms with van der Waals surface area (Å²) in [5.41, 5.74) is 0. The van der Waals surface area contributed by atoms with E-state index in [0.29, 0.717) is 0 Å². The Morgan fingerprint density at radius 1 is 1.30 bits per heavy atom. The highest BCUT2D eigenvalue weighted by molar-refractivity contribution is 7.14. The van der Waals surface area contributed by atoms with E-state index in [1.54, 1.807) is 11.3 Å². The number of furan rings is 1. The second kappa shape index (κ2) is 6.73. The molecule has 2 aliphatic heterocycles. The van der Waals surface area contributed by atoms with Crippen LogP contribution in [0.1, 0.15) is 17.1 Å². The normalized spacial score (nSPS) is 23.6. The monoisotopic (exact) mass is 332 g/mol. The molecule has 4 heterocycles. The number of aryl methyl sites for hydroxylation is 1. The number of nitrogens with zero attached hydrogens (tertiary/aromatic N) is 3. The van der Waals surface area contributed by atoms with Gasteiger partial charge in [0.1, 0.15) is 5.76 Å². The van der Waals surface area contributed by atoms with Gasteiger partial charge in [-0.3, -0.25) is 9.80 Å². The summed E-state index contributed by atoms with van der Waals surface area (Å²) in [5.74, 6) is 1.83. The van der Waals surface area contributed by atoms with E-state index in [9.17, 15) is 0 Å². The van der Waals surface area contributed by atoms with E-state index >= 15 is 0 Å². The summed E-state index contributed by atoms with van der Waals surface area (Å²) in [7, 11) is 0. The molecule has 0 amide bonds. The summed E-state index contributed by atoms with van der Waals surface area (Å²) in [4.78, 5) is 11.1. The fourth-order valence-corrected chi connectivity index (χ4v) is 4.48. The summed E-state index contributed by atoms with van der Waals surface area (Å²) in [6, 6.07) is 4.74. The van der Waals surface area contributed by atoms with Crippen LogP contribution in [0, 0.1) is 6.92 Å². The maximum atomic E-state index is 5.67. The first-order valence-corrected chi connectivity index (χ1v) is 9.28. The zero-order valence-electron chi connectivity index (χ0n) is 13.6. The molecule has 0 aliphatic carbocycles. The predicted molar refractivity (Wildman–Crippen MR) is 92.7 cm³/mol. The number of nitrogens with one attached hydrogen (secondary N) is 1. The molecule has 2 fully saturated rings. The molecule has 0 spiro atoms. The first-order valence-electron chi connectivity index (χ1n) is 8.46. The van der Waals surface area contributed by atoms with Crippen molar-refractivity contribution < 1.29 is 4.42 Å². The molecule has 2 saturated heterocycles. The Hall–Kier alpha value is -1.21. The third kappa shape index (κ3) is 3.50. The lowest BCUT2D eigenvalue weighted by Gasteiger charge is -2.32. The molecule has 124 valence electrons. The van der Waals surface area contributed by atoms with E-state index in [-0.39, 0.29) is 0 Å². The quantitative estimate of drug-likeness (QED) is 0.930. The van der Waals surface area contributed by atoms with Crippen LogP contribution >= 0.6 is 11.3 Å². The van der Waals surface area contributed by atoms with Crippen LogP contribution in [0.15, 0.2) is 22.7 Å². The van der Waals surface area contributed by atoms with Gasteiger partial charge in [0, 0.05) is 62.9 Å². The van der Waals surface area contributed by atoms with E-state index in [4.69, 9.17) is 4.42 Å². The molecule has 5 nitrogen and oxygen atoms in total. The Bertz CT molecular complexity index is 647. The van der Waals surface area contributed by atoms with Gasteiger partial charge < -0.3 is 9.73 Å².